The first kappa shape index (κ1) is 12.9. The van der Waals surface area contributed by atoms with E-state index in [-0.39, 0.29) is 0 Å². The van der Waals surface area contributed by atoms with E-state index in [4.69, 9.17) is 5.11 Å². The highest BCUT2D eigenvalue weighted by atomic mass is 16.2. The topological polar surface area (TPSA) is 26.7 Å². The molecule has 0 aromatic carbocycles. The first-order valence-electron chi connectivity index (χ1n) is 6.16. The van der Waals surface area contributed by atoms with E-state index >= 15 is 0 Å². The van der Waals surface area contributed by atoms with E-state index in [0.29, 0.717) is 12.6 Å². The fourth-order valence-corrected chi connectivity index (χ4v) is 2.32. The average Bonchev–Trinajstić information content (AvgIpc) is 2.22. The van der Waals surface area contributed by atoms with E-state index in [9.17, 15) is 0 Å². The fraction of sp³-hybridized carbons (Fsp3) is 1.00. The maximum atomic E-state index is 8.74. The quantitative estimate of drug-likeness (QED) is 0.696. The Labute approximate surface area is 94.1 Å². The molecule has 90 valence electrons. The van der Waals surface area contributed by atoms with E-state index < -0.39 is 0 Å². The van der Waals surface area contributed by atoms with Crippen molar-refractivity contribution in [3.05, 3.63) is 0 Å². The van der Waals surface area contributed by atoms with Gasteiger partial charge in [0, 0.05) is 18.7 Å². The molecule has 1 fully saturated rings. The van der Waals surface area contributed by atoms with Crippen LogP contribution in [0.2, 0.25) is 0 Å². The highest BCUT2D eigenvalue weighted by Crippen LogP contribution is 2.19. The molecule has 0 amide bonds. The van der Waals surface area contributed by atoms with Crippen LogP contribution in [0.3, 0.4) is 0 Å². The lowest BCUT2D eigenvalue weighted by atomic mass is 9.97. The number of aliphatic hydroxyl groups is 1. The number of piperidine rings is 1. The van der Waals surface area contributed by atoms with Crippen LogP contribution in [-0.4, -0.2) is 60.8 Å². The van der Waals surface area contributed by atoms with Gasteiger partial charge in [0.05, 0.1) is 0 Å². The number of likely N-dealkylation sites (tertiary alicyclic amines) is 1. The third kappa shape index (κ3) is 4.09. The Morgan fingerprint density at radius 2 is 2.13 bits per heavy atom. The van der Waals surface area contributed by atoms with E-state index in [2.05, 4.69) is 30.8 Å². The van der Waals surface area contributed by atoms with Crippen molar-refractivity contribution < 1.29 is 5.11 Å². The molecule has 0 radical (unpaired) electrons. The van der Waals surface area contributed by atoms with Gasteiger partial charge in [-0.05, 0) is 59.8 Å². The van der Waals surface area contributed by atoms with E-state index in [1.165, 1.54) is 19.4 Å². The van der Waals surface area contributed by atoms with Crippen LogP contribution >= 0.6 is 0 Å². The number of hydrogen-bond donors (Lipinski definition) is 1. The molecule has 3 heteroatoms. The van der Waals surface area contributed by atoms with Gasteiger partial charge in [0.2, 0.25) is 0 Å². The maximum absolute atomic E-state index is 8.74. The van der Waals surface area contributed by atoms with Crippen LogP contribution in [-0.2, 0) is 0 Å². The fourth-order valence-electron chi connectivity index (χ4n) is 2.32. The molecule has 1 aliphatic rings. The molecule has 0 spiro atoms. The molecule has 0 saturated carbocycles. The van der Waals surface area contributed by atoms with Gasteiger partial charge in [-0.25, -0.2) is 0 Å². The van der Waals surface area contributed by atoms with Gasteiger partial charge in [-0.2, -0.15) is 0 Å². The van der Waals surface area contributed by atoms with Crippen molar-refractivity contribution in [2.24, 2.45) is 0 Å². The predicted octanol–water partition coefficient (Wildman–Crippen LogP) is 1.17. The molecule has 3 nitrogen and oxygen atoms in total. The minimum atomic E-state index is 0.331. The highest BCUT2D eigenvalue weighted by Gasteiger charge is 2.24. The Hall–Kier alpha value is -0.120. The lowest BCUT2D eigenvalue weighted by molar-refractivity contribution is 0.103. The number of nitrogens with zero attached hydrogens (tertiary/aromatic N) is 2. The van der Waals surface area contributed by atoms with Crippen LogP contribution in [0.4, 0.5) is 0 Å². The van der Waals surface area contributed by atoms with Gasteiger partial charge in [0.1, 0.15) is 0 Å². The number of aliphatic hydroxyl groups excluding tert-OH is 1. The lowest BCUT2D eigenvalue weighted by Gasteiger charge is -2.39. The van der Waals surface area contributed by atoms with Crippen molar-refractivity contribution >= 4 is 0 Å². The number of unbranched alkanes of at least 4 members (excludes halogenated alkanes) is 1. The Bertz CT molecular complexity index is 175. The molecule has 1 N–H and O–H groups in total. The summed E-state index contributed by atoms with van der Waals surface area (Å²) in [6.45, 7) is 4.99. The van der Waals surface area contributed by atoms with Gasteiger partial charge >= 0.3 is 0 Å². The summed E-state index contributed by atoms with van der Waals surface area (Å²) in [5.41, 5.74) is 0. The number of rotatable bonds is 5. The Morgan fingerprint density at radius 1 is 1.40 bits per heavy atom. The largest absolute Gasteiger partial charge is 0.396 e. The average molecular weight is 214 g/mol. The summed E-state index contributed by atoms with van der Waals surface area (Å²) >= 11 is 0. The van der Waals surface area contributed by atoms with E-state index in [0.717, 1.165) is 25.4 Å². The Kier molecular flexibility index (Phi) is 5.58. The minimum Gasteiger partial charge on any atom is -0.396 e. The molecular weight excluding hydrogens is 188 g/mol. The van der Waals surface area contributed by atoms with Gasteiger partial charge in [-0.15, -0.1) is 0 Å². The number of hydrogen-bond acceptors (Lipinski definition) is 3. The van der Waals surface area contributed by atoms with Crippen LogP contribution in [0.25, 0.3) is 0 Å². The first-order chi connectivity index (χ1) is 7.15. The molecule has 0 aromatic rings. The van der Waals surface area contributed by atoms with Gasteiger partial charge in [0.15, 0.2) is 0 Å². The van der Waals surface area contributed by atoms with Crippen LogP contribution in [0.15, 0.2) is 0 Å². The lowest BCUT2D eigenvalue weighted by Crippen LogP contribution is -2.46. The SMILES string of the molecule is CC1CC(N(C)CCCCO)CCN1C. The van der Waals surface area contributed by atoms with E-state index in [1.807, 2.05) is 0 Å². The first-order valence-corrected chi connectivity index (χ1v) is 6.16. The van der Waals surface area contributed by atoms with Crippen LogP contribution in [0.1, 0.15) is 32.6 Å². The zero-order valence-electron chi connectivity index (χ0n) is 10.4. The standard InChI is InChI=1S/C12H26N2O/c1-11-10-12(6-8-13(11)2)14(3)7-4-5-9-15/h11-12,15H,4-10H2,1-3H3. The zero-order chi connectivity index (χ0) is 11.3. The molecule has 0 aliphatic carbocycles. The van der Waals surface area contributed by atoms with Crippen LogP contribution in [0.5, 0.6) is 0 Å². The van der Waals surface area contributed by atoms with E-state index in [1.54, 1.807) is 0 Å². The molecule has 2 unspecified atom stereocenters. The summed E-state index contributed by atoms with van der Waals surface area (Å²) in [6, 6.07) is 1.46. The van der Waals surface area contributed by atoms with Crippen LogP contribution < -0.4 is 0 Å². The molecule has 1 heterocycles. The van der Waals surface area contributed by atoms with Crippen molar-refractivity contribution in [3.8, 4) is 0 Å². The third-order valence-corrected chi connectivity index (χ3v) is 3.72. The highest BCUT2D eigenvalue weighted by molar-refractivity contribution is 4.81. The van der Waals surface area contributed by atoms with Crippen molar-refractivity contribution in [2.45, 2.75) is 44.7 Å². The smallest absolute Gasteiger partial charge is 0.0431 e. The summed E-state index contributed by atoms with van der Waals surface area (Å²) in [5.74, 6) is 0. The molecule has 1 saturated heterocycles. The summed E-state index contributed by atoms with van der Waals surface area (Å²) in [6.07, 6.45) is 4.63. The van der Waals surface area contributed by atoms with Crippen molar-refractivity contribution in [2.75, 3.05) is 33.8 Å². The maximum Gasteiger partial charge on any atom is 0.0431 e. The van der Waals surface area contributed by atoms with Crippen molar-refractivity contribution in [1.82, 2.24) is 9.80 Å². The summed E-state index contributed by atoms with van der Waals surface area (Å²) in [4.78, 5) is 4.91. The molecule has 0 aromatic heterocycles. The monoisotopic (exact) mass is 214 g/mol. The van der Waals surface area contributed by atoms with Gasteiger partial charge in [0.25, 0.3) is 0 Å². The molecular formula is C12H26N2O. The molecule has 2 atom stereocenters. The summed E-state index contributed by atoms with van der Waals surface area (Å²) < 4.78 is 0. The zero-order valence-corrected chi connectivity index (χ0v) is 10.4. The van der Waals surface area contributed by atoms with Gasteiger partial charge in [-0.3, -0.25) is 0 Å². The second-order valence-electron chi connectivity index (χ2n) is 4.92. The molecule has 0 bridgehead atoms. The normalized spacial score (nSPS) is 28.6. The van der Waals surface area contributed by atoms with Crippen molar-refractivity contribution in [1.29, 1.82) is 0 Å². The summed E-state index contributed by atoms with van der Waals surface area (Å²) in [7, 11) is 4.44. The second kappa shape index (κ2) is 6.46. The molecule has 15 heavy (non-hydrogen) atoms. The minimum absolute atomic E-state index is 0.331. The van der Waals surface area contributed by atoms with Gasteiger partial charge < -0.3 is 14.9 Å². The van der Waals surface area contributed by atoms with Crippen molar-refractivity contribution in [3.63, 3.8) is 0 Å². The Morgan fingerprint density at radius 3 is 2.73 bits per heavy atom. The predicted molar refractivity (Wildman–Crippen MR) is 64.1 cm³/mol. The Balaban J connectivity index is 2.24. The molecule has 1 rings (SSSR count). The summed E-state index contributed by atoms with van der Waals surface area (Å²) in [5, 5.41) is 8.74. The second-order valence-corrected chi connectivity index (χ2v) is 4.92. The molecule has 1 aliphatic heterocycles. The van der Waals surface area contributed by atoms with Gasteiger partial charge in [-0.1, -0.05) is 0 Å². The third-order valence-electron chi connectivity index (χ3n) is 3.72. The van der Waals surface area contributed by atoms with Crippen LogP contribution in [0, 0.1) is 0 Å².